The Morgan fingerprint density at radius 2 is 2.05 bits per heavy atom. The molecule has 1 aromatic heterocycles. The highest BCUT2D eigenvalue weighted by atomic mass is 32.1. The van der Waals surface area contributed by atoms with Crippen LogP contribution in [0.25, 0.3) is 0 Å². The Morgan fingerprint density at radius 1 is 1.29 bits per heavy atom. The summed E-state index contributed by atoms with van der Waals surface area (Å²) >= 11 is 1.59. The normalized spacial score (nSPS) is 11.3. The molecule has 2 rings (SSSR count). The molecule has 0 bridgehead atoms. The van der Waals surface area contributed by atoms with Gasteiger partial charge in [0, 0.05) is 24.8 Å². The van der Waals surface area contributed by atoms with Crippen molar-refractivity contribution in [3.05, 3.63) is 52.5 Å². The van der Waals surface area contributed by atoms with E-state index in [0.29, 0.717) is 13.0 Å². The molecule has 1 N–H and O–H groups in total. The summed E-state index contributed by atoms with van der Waals surface area (Å²) in [5.74, 6) is 0.120. The van der Waals surface area contributed by atoms with Crippen LogP contribution in [0.3, 0.4) is 0 Å². The van der Waals surface area contributed by atoms with Gasteiger partial charge in [-0.15, -0.1) is 11.3 Å². The number of carbonyl (C=O) groups excluding carboxylic acids is 1. The maximum atomic E-state index is 11.9. The van der Waals surface area contributed by atoms with Crippen LogP contribution in [-0.4, -0.2) is 17.4 Å². The largest absolute Gasteiger partial charge is 0.356 e. The lowest BCUT2D eigenvalue weighted by atomic mass is 9.80. The first-order valence-electron chi connectivity index (χ1n) is 7.27. The Balaban J connectivity index is 1.73. The van der Waals surface area contributed by atoms with Gasteiger partial charge in [0.05, 0.1) is 11.2 Å². The number of hydrogen-bond donors (Lipinski definition) is 1. The number of nitrogens with one attached hydrogen (secondary N) is 1. The van der Waals surface area contributed by atoms with Crippen molar-refractivity contribution in [1.82, 2.24) is 10.3 Å². The van der Waals surface area contributed by atoms with E-state index in [-0.39, 0.29) is 11.3 Å². The molecule has 0 aliphatic carbocycles. The molecule has 2 aromatic rings. The van der Waals surface area contributed by atoms with Gasteiger partial charge in [0.15, 0.2) is 0 Å². The van der Waals surface area contributed by atoms with E-state index in [0.717, 1.165) is 18.5 Å². The van der Waals surface area contributed by atoms with Crippen LogP contribution >= 0.6 is 11.3 Å². The lowest BCUT2D eigenvalue weighted by molar-refractivity contribution is -0.121. The molecule has 1 heterocycles. The highest BCUT2D eigenvalue weighted by molar-refractivity contribution is 7.07. The van der Waals surface area contributed by atoms with Gasteiger partial charge in [-0.05, 0) is 17.4 Å². The summed E-state index contributed by atoms with van der Waals surface area (Å²) in [5.41, 5.74) is 4.16. The molecular weight excluding hydrogens is 280 g/mol. The van der Waals surface area contributed by atoms with Crippen LogP contribution in [0.1, 0.15) is 37.9 Å². The van der Waals surface area contributed by atoms with Crippen molar-refractivity contribution in [2.45, 2.75) is 38.5 Å². The van der Waals surface area contributed by atoms with Crippen molar-refractivity contribution in [3.8, 4) is 0 Å². The molecule has 0 aliphatic rings. The molecule has 21 heavy (non-hydrogen) atoms. The van der Waals surface area contributed by atoms with Gasteiger partial charge in [0.2, 0.25) is 5.91 Å². The smallest absolute Gasteiger partial charge is 0.220 e. The highest BCUT2D eigenvalue weighted by Gasteiger charge is 2.21. The van der Waals surface area contributed by atoms with E-state index in [9.17, 15) is 4.79 Å². The van der Waals surface area contributed by atoms with Crippen molar-refractivity contribution in [3.63, 3.8) is 0 Å². The quantitative estimate of drug-likeness (QED) is 0.849. The Hall–Kier alpha value is -1.68. The molecular formula is C17H22N2OS. The van der Waals surface area contributed by atoms with Gasteiger partial charge in [0.25, 0.3) is 0 Å². The Bertz CT molecular complexity index is 549. The molecule has 0 spiro atoms. The van der Waals surface area contributed by atoms with Gasteiger partial charge >= 0.3 is 0 Å². The van der Waals surface area contributed by atoms with Crippen molar-refractivity contribution >= 4 is 17.2 Å². The molecule has 0 aliphatic heterocycles. The second kappa shape index (κ2) is 7.36. The minimum absolute atomic E-state index is 0.0213. The average molecular weight is 302 g/mol. The van der Waals surface area contributed by atoms with Crippen molar-refractivity contribution < 1.29 is 4.79 Å². The molecule has 0 atom stereocenters. The van der Waals surface area contributed by atoms with E-state index >= 15 is 0 Å². The SMILES string of the molecule is CC(C)(CCC(=O)NCCc1cscn1)c1ccccc1. The van der Waals surface area contributed by atoms with Crippen LogP contribution < -0.4 is 5.32 Å². The van der Waals surface area contributed by atoms with E-state index in [1.54, 1.807) is 11.3 Å². The van der Waals surface area contributed by atoms with E-state index in [1.165, 1.54) is 5.56 Å². The molecule has 0 saturated carbocycles. The highest BCUT2D eigenvalue weighted by Crippen LogP contribution is 2.27. The number of rotatable bonds is 7. The number of thiazole rings is 1. The molecule has 0 unspecified atom stereocenters. The summed E-state index contributed by atoms with van der Waals surface area (Å²) in [7, 11) is 0. The van der Waals surface area contributed by atoms with Crippen molar-refractivity contribution in [2.24, 2.45) is 0 Å². The predicted octanol–water partition coefficient (Wildman–Crippen LogP) is 3.56. The minimum atomic E-state index is 0.0213. The number of aromatic nitrogens is 1. The number of nitrogens with zero attached hydrogens (tertiary/aromatic N) is 1. The van der Waals surface area contributed by atoms with E-state index in [2.05, 4.69) is 36.3 Å². The first kappa shape index (κ1) is 15.7. The second-order valence-corrected chi connectivity index (χ2v) is 6.55. The molecule has 0 saturated heterocycles. The lowest BCUT2D eigenvalue weighted by Crippen LogP contribution is -2.28. The Morgan fingerprint density at radius 3 is 2.71 bits per heavy atom. The number of hydrogen-bond acceptors (Lipinski definition) is 3. The van der Waals surface area contributed by atoms with Crippen LogP contribution in [0.4, 0.5) is 0 Å². The number of benzene rings is 1. The van der Waals surface area contributed by atoms with Crippen molar-refractivity contribution in [2.75, 3.05) is 6.54 Å². The first-order valence-corrected chi connectivity index (χ1v) is 8.21. The summed E-state index contributed by atoms with van der Waals surface area (Å²) < 4.78 is 0. The lowest BCUT2D eigenvalue weighted by Gasteiger charge is -2.25. The van der Waals surface area contributed by atoms with Gasteiger partial charge in [-0.25, -0.2) is 4.98 Å². The molecule has 0 fully saturated rings. The summed E-state index contributed by atoms with van der Waals surface area (Å²) in [6, 6.07) is 10.4. The fourth-order valence-corrected chi connectivity index (χ4v) is 2.83. The molecule has 0 radical (unpaired) electrons. The van der Waals surface area contributed by atoms with E-state index < -0.39 is 0 Å². The average Bonchev–Trinajstić information content (AvgIpc) is 2.99. The third-order valence-corrected chi connectivity index (χ3v) is 4.35. The maximum absolute atomic E-state index is 11.9. The molecule has 1 aromatic carbocycles. The van der Waals surface area contributed by atoms with E-state index in [4.69, 9.17) is 0 Å². The zero-order valence-electron chi connectivity index (χ0n) is 12.6. The summed E-state index contributed by atoms with van der Waals surface area (Å²) in [4.78, 5) is 16.1. The zero-order valence-corrected chi connectivity index (χ0v) is 13.5. The topological polar surface area (TPSA) is 42.0 Å². The Labute approximate surface area is 130 Å². The number of amides is 1. The fourth-order valence-electron chi connectivity index (χ4n) is 2.24. The van der Waals surface area contributed by atoms with Crippen LogP contribution in [0.15, 0.2) is 41.2 Å². The fraction of sp³-hybridized carbons (Fsp3) is 0.412. The Kier molecular flexibility index (Phi) is 5.51. The van der Waals surface area contributed by atoms with Crippen LogP contribution in [0.2, 0.25) is 0 Å². The zero-order chi connectivity index (χ0) is 15.1. The maximum Gasteiger partial charge on any atom is 0.220 e. The molecule has 1 amide bonds. The molecule has 3 nitrogen and oxygen atoms in total. The third-order valence-electron chi connectivity index (χ3n) is 3.72. The number of carbonyl (C=O) groups is 1. The van der Waals surface area contributed by atoms with Gasteiger partial charge in [0.1, 0.15) is 0 Å². The van der Waals surface area contributed by atoms with Gasteiger partial charge in [-0.2, -0.15) is 0 Å². The second-order valence-electron chi connectivity index (χ2n) is 5.83. The first-order chi connectivity index (χ1) is 10.1. The standard InChI is InChI=1S/C17H22N2OS/c1-17(2,14-6-4-3-5-7-14)10-8-16(20)18-11-9-15-12-21-13-19-15/h3-7,12-13H,8-11H2,1-2H3,(H,18,20). The van der Waals surface area contributed by atoms with E-state index in [1.807, 2.05) is 29.1 Å². The third kappa shape index (κ3) is 4.97. The summed E-state index contributed by atoms with van der Waals surface area (Å²) in [6.07, 6.45) is 2.20. The van der Waals surface area contributed by atoms with Crippen LogP contribution in [0, 0.1) is 0 Å². The molecule has 112 valence electrons. The minimum Gasteiger partial charge on any atom is -0.356 e. The molecule has 4 heteroatoms. The summed E-state index contributed by atoms with van der Waals surface area (Å²) in [5, 5.41) is 4.99. The van der Waals surface area contributed by atoms with Gasteiger partial charge in [-0.3, -0.25) is 4.79 Å². The van der Waals surface area contributed by atoms with Crippen LogP contribution in [-0.2, 0) is 16.6 Å². The van der Waals surface area contributed by atoms with Crippen molar-refractivity contribution in [1.29, 1.82) is 0 Å². The monoisotopic (exact) mass is 302 g/mol. The summed E-state index contributed by atoms with van der Waals surface area (Å²) in [6.45, 7) is 5.03. The van der Waals surface area contributed by atoms with Gasteiger partial charge < -0.3 is 5.32 Å². The van der Waals surface area contributed by atoms with Gasteiger partial charge in [-0.1, -0.05) is 44.2 Å². The predicted molar refractivity (Wildman–Crippen MR) is 87.5 cm³/mol. The van der Waals surface area contributed by atoms with Crippen LogP contribution in [0.5, 0.6) is 0 Å².